The highest BCUT2D eigenvalue weighted by atomic mass is 32.1. The fourth-order valence-corrected chi connectivity index (χ4v) is 1.89. The number of nitrogens with zero attached hydrogens (tertiary/aromatic N) is 1. The number of nitrogens with one attached hydrogen (secondary N) is 1. The number of rotatable bonds is 1. The summed E-state index contributed by atoms with van der Waals surface area (Å²) in [5, 5.41) is 0. The van der Waals surface area contributed by atoms with Crippen LogP contribution in [0.2, 0.25) is 0 Å². The van der Waals surface area contributed by atoms with Crippen LogP contribution < -0.4 is 0 Å². The molecule has 0 aliphatic heterocycles. The molecule has 1 heterocycles. The molecule has 82 valence electrons. The Morgan fingerprint density at radius 2 is 1.93 bits per heavy atom. The minimum absolute atomic E-state index is 0.0465. The minimum Gasteiger partial charge on any atom is -0.346 e. The van der Waals surface area contributed by atoms with Crippen molar-refractivity contribution in [2.24, 2.45) is 0 Å². The predicted octanol–water partition coefficient (Wildman–Crippen LogP) is 3.62. The molecule has 2 rings (SSSR count). The topological polar surface area (TPSA) is 28.7 Å². The average molecular weight is 222 g/mol. The highest BCUT2D eigenvalue weighted by Crippen LogP contribution is 2.41. The third-order valence-electron chi connectivity index (χ3n) is 2.89. The Morgan fingerprint density at radius 3 is 2.40 bits per heavy atom. The molecule has 3 heteroatoms. The van der Waals surface area contributed by atoms with Gasteiger partial charge in [-0.15, -0.1) is 0 Å². The first-order chi connectivity index (χ1) is 6.89. The first-order valence-electron chi connectivity index (χ1n) is 5.51. The summed E-state index contributed by atoms with van der Waals surface area (Å²) < 4.78 is 0.764. The van der Waals surface area contributed by atoms with Gasteiger partial charge in [-0.05, 0) is 25.7 Å². The molecule has 0 radical (unpaired) electrons. The lowest BCUT2D eigenvalue weighted by Crippen LogP contribution is -2.17. The maximum absolute atomic E-state index is 5.31. The first kappa shape index (κ1) is 10.8. The van der Waals surface area contributed by atoms with Crippen molar-refractivity contribution in [3.8, 4) is 0 Å². The van der Waals surface area contributed by atoms with Crippen LogP contribution in [0.25, 0.3) is 0 Å². The van der Waals surface area contributed by atoms with Gasteiger partial charge in [-0.25, -0.2) is 4.98 Å². The van der Waals surface area contributed by atoms with E-state index >= 15 is 0 Å². The van der Waals surface area contributed by atoms with Gasteiger partial charge in [0.1, 0.15) is 10.5 Å². The maximum Gasteiger partial charge on any atom is 0.132 e. The molecule has 0 atom stereocenters. The Kier molecular flexibility index (Phi) is 2.45. The molecular formula is C12H18N2S. The first-order valence-corrected chi connectivity index (χ1v) is 5.91. The van der Waals surface area contributed by atoms with Crippen molar-refractivity contribution in [3.63, 3.8) is 0 Å². The number of aromatic amines is 1. The Labute approximate surface area is 96.1 Å². The van der Waals surface area contributed by atoms with Crippen LogP contribution in [-0.2, 0) is 5.41 Å². The molecule has 1 aliphatic rings. The highest BCUT2D eigenvalue weighted by Gasteiger charge is 2.28. The molecule has 1 aromatic heterocycles. The van der Waals surface area contributed by atoms with Crippen molar-refractivity contribution < 1.29 is 0 Å². The van der Waals surface area contributed by atoms with Crippen LogP contribution in [0.3, 0.4) is 0 Å². The number of aromatic nitrogens is 2. The van der Waals surface area contributed by atoms with E-state index in [4.69, 9.17) is 12.2 Å². The smallest absolute Gasteiger partial charge is 0.132 e. The van der Waals surface area contributed by atoms with Crippen molar-refractivity contribution in [3.05, 3.63) is 21.7 Å². The third-order valence-corrected chi connectivity index (χ3v) is 3.28. The highest BCUT2D eigenvalue weighted by molar-refractivity contribution is 7.71. The van der Waals surface area contributed by atoms with Gasteiger partial charge in [0.2, 0.25) is 0 Å². The number of H-pyrrole nitrogens is 1. The summed E-state index contributed by atoms with van der Waals surface area (Å²) in [5.74, 6) is 1.72. The summed E-state index contributed by atoms with van der Waals surface area (Å²) >= 11 is 5.31. The van der Waals surface area contributed by atoms with Gasteiger partial charge in [0.15, 0.2) is 0 Å². The second-order valence-electron chi connectivity index (χ2n) is 5.45. The van der Waals surface area contributed by atoms with Gasteiger partial charge in [-0.2, -0.15) is 0 Å². The van der Waals surface area contributed by atoms with Crippen LogP contribution in [0.15, 0.2) is 0 Å². The second-order valence-corrected chi connectivity index (χ2v) is 5.84. The molecule has 0 saturated heterocycles. The lowest BCUT2D eigenvalue weighted by molar-refractivity contribution is 0.539. The normalized spacial score (nSPS) is 16.8. The van der Waals surface area contributed by atoms with Crippen molar-refractivity contribution in [1.29, 1.82) is 0 Å². The van der Waals surface area contributed by atoms with Crippen LogP contribution in [0.5, 0.6) is 0 Å². The largest absolute Gasteiger partial charge is 0.346 e. The van der Waals surface area contributed by atoms with Gasteiger partial charge < -0.3 is 4.98 Å². The van der Waals surface area contributed by atoms with Crippen molar-refractivity contribution in [2.45, 2.75) is 51.9 Å². The molecule has 1 fully saturated rings. The monoisotopic (exact) mass is 222 g/mol. The maximum atomic E-state index is 5.31. The Morgan fingerprint density at radius 1 is 1.33 bits per heavy atom. The molecule has 0 unspecified atom stereocenters. The van der Waals surface area contributed by atoms with E-state index < -0.39 is 0 Å². The van der Waals surface area contributed by atoms with E-state index in [9.17, 15) is 0 Å². The lowest BCUT2D eigenvalue weighted by Gasteiger charge is -2.19. The SMILES string of the molecule is Cc1c(C2CC2)[nH]c(C(C)(C)C)nc1=S. The van der Waals surface area contributed by atoms with Gasteiger partial charge in [-0.3, -0.25) is 0 Å². The fraction of sp³-hybridized carbons (Fsp3) is 0.667. The van der Waals surface area contributed by atoms with E-state index in [0.29, 0.717) is 5.92 Å². The van der Waals surface area contributed by atoms with Crippen LogP contribution in [0.1, 0.15) is 56.6 Å². The quantitative estimate of drug-likeness (QED) is 0.735. The van der Waals surface area contributed by atoms with Crippen molar-refractivity contribution in [1.82, 2.24) is 9.97 Å². The summed E-state index contributed by atoms with van der Waals surface area (Å²) in [6.45, 7) is 8.55. The van der Waals surface area contributed by atoms with E-state index in [1.54, 1.807) is 0 Å². The number of hydrogen-bond donors (Lipinski definition) is 1. The zero-order chi connectivity index (χ0) is 11.2. The van der Waals surface area contributed by atoms with E-state index in [1.165, 1.54) is 24.1 Å². The summed E-state index contributed by atoms with van der Waals surface area (Å²) in [4.78, 5) is 7.95. The molecule has 1 N–H and O–H groups in total. The van der Waals surface area contributed by atoms with Crippen molar-refractivity contribution >= 4 is 12.2 Å². The molecular weight excluding hydrogens is 204 g/mol. The Balaban J connectivity index is 2.56. The summed E-state index contributed by atoms with van der Waals surface area (Å²) in [6.07, 6.45) is 2.58. The predicted molar refractivity (Wildman–Crippen MR) is 64.8 cm³/mol. The van der Waals surface area contributed by atoms with Gasteiger partial charge in [0.25, 0.3) is 0 Å². The minimum atomic E-state index is 0.0465. The fourth-order valence-electron chi connectivity index (χ4n) is 1.69. The van der Waals surface area contributed by atoms with Gasteiger partial charge in [0, 0.05) is 16.7 Å². The zero-order valence-corrected chi connectivity index (χ0v) is 10.7. The van der Waals surface area contributed by atoms with Crippen molar-refractivity contribution in [2.75, 3.05) is 0 Å². The molecule has 1 saturated carbocycles. The molecule has 0 amide bonds. The van der Waals surface area contributed by atoms with Gasteiger partial charge in [-0.1, -0.05) is 33.0 Å². The molecule has 15 heavy (non-hydrogen) atoms. The molecule has 0 spiro atoms. The molecule has 2 nitrogen and oxygen atoms in total. The van der Waals surface area contributed by atoms with E-state index in [1.807, 2.05) is 0 Å². The lowest BCUT2D eigenvalue weighted by atomic mass is 9.95. The standard InChI is InChI=1S/C12H18N2S/c1-7-9(8-5-6-8)13-11(12(2,3)4)14-10(7)15/h8H,5-6H2,1-4H3,(H,13,14,15). The summed E-state index contributed by atoms with van der Waals surface area (Å²) in [6, 6.07) is 0. The molecule has 1 aromatic rings. The van der Waals surface area contributed by atoms with Gasteiger partial charge >= 0.3 is 0 Å². The Hall–Kier alpha value is -0.700. The van der Waals surface area contributed by atoms with Crippen LogP contribution in [-0.4, -0.2) is 9.97 Å². The van der Waals surface area contributed by atoms with Crippen LogP contribution >= 0.6 is 12.2 Å². The van der Waals surface area contributed by atoms with Crippen LogP contribution in [0.4, 0.5) is 0 Å². The van der Waals surface area contributed by atoms with Gasteiger partial charge in [0.05, 0.1) is 0 Å². The molecule has 0 aromatic carbocycles. The van der Waals surface area contributed by atoms with E-state index in [2.05, 4.69) is 37.7 Å². The number of hydrogen-bond acceptors (Lipinski definition) is 2. The van der Waals surface area contributed by atoms with E-state index in [-0.39, 0.29) is 5.41 Å². The van der Waals surface area contributed by atoms with E-state index in [0.717, 1.165) is 10.5 Å². The zero-order valence-electron chi connectivity index (χ0n) is 9.85. The summed E-state index contributed by atoms with van der Waals surface area (Å²) in [7, 11) is 0. The second kappa shape index (κ2) is 3.41. The molecule has 0 bridgehead atoms. The van der Waals surface area contributed by atoms with Crippen LogP contribution in [0, 0.1) is 11.6 Å². The summed E-state index contributed by atoms with van der Waals surface area (Å²) in [5.41, 5.74) is 2.53. The average Bonchev–Trinajstić information content (AvgIpc) is 2.90. The molecule has 1 aliphatic carbocycles. The third kappa shape index (κ3) is 2.12. The Bertz CT molecular complexity index is 436.